The molecule has 3 heterocycles. The number of ether oxygens (including phenoxy) is 5. The molecular formula is C27H30N2O8. The average Bonchev–Trinajstić information content (AvgIpc) is 3.67. The van der Waals surface area contributed by atoms with E-state index in [4.69, 9.17) is 23.7 Å². The number of methoxy groups -OCH3 is 3. The molecule has 1 N–H and O–H groups in total. The van der Waals surface area contributed by atoms with Crippen LogP contribution in [0.1, 0.15) is 30.0 Å². The molecule has 3 aliphatic rings. The van der Waals surface area contributed by atoms with Crippen LogP contribution < -0.4 is 23.7 Å². The first-order chi connectivity index (χ1) is 18.0. The summed E-state index contributed by atoms with van der Waals surface area (Å²) in [5, 5.41) is 11.4. The number of ketones is 1. The summed E-state index contributed by atoms with van der Waals surface area (Å²) in [5.74, 6) is 0.125. The Morgan fingerprint density at radius 3 is 2.46 bits per heavy atom. The van der Waals surface area contributed by atoms with Crippen LogP contribution in [0.15, 0.2) is 35.9 Å². The number of carbonyl (C=O) groups excluding carboxylic acids is 2. The van der Waals surface area contributed by atoms with E-state index >= 15 is 0 Å². The average molecular weight is 511 g/mol. The summed E-state index contributed by atoms with van der Waals surface area (Å²) in [7, 11) is 4.49. The highest BCUT2D eigenvalue weighted by Crippen LogP contribution is 2.54. The third-order valence-electron chi connectivity index (χ3n) is 7.05. The third kappa shape index (κ3) is 4.31. The van der Waals surface area contributed by atoms with Crippen molar-refractivity contribution in [3.8, 4) is 28.7 Å². The Bertz CT molecular complexity index is 1250. The largest absolute Gasteiger partial charge is 0.507 e. The lowest BCUT2D eigenvalue weighted by atomic mass is 9.93. The molecular weight excluding hydrogens is 480 g/mol. The molecule has 1 unspecified atom stereocenters. The van der Waals surface area contributed by atoms with E-state index in [0.29, 0.717) is 53.0 Å². The van der Waals surface area contributed by atoms with Crippen LogP contribution in [0.25, 0.3) is 5.76 Å². The van der Waals surface area contributed by atoms with E-state index in [9.17, 15) is 14.7 Å². The van der Waals surface area contributed by atoms with Crippen LogP contribution in [0.5, 0.6) is 28.7 Å². The molecule has 0 saturated carbocycles. The van der Waals surface area contributed by atoms with Gasteiger partial charge in [0.2, 0.25) is 18.3 Å². The smallest absolute Gasteiger partial charge is 0.295 e. The van der Waals surface area contributed by atoms with Gasteiger partial charge in [-0.15, -0.1) is 0 Å². The van der Waals surface area contributed by atoms with Gasteiger partial charge in [0.15, 0.2) is 11.5 Å². The topological polar surface area (TPSA) is 107 Å². The van der Waals surface area contributed by atoms with Gasteiger partial charge in [-0.25, -0.2) is 0 Å². The molecule has 1 amide bonds. The second-order valence-corrected chi connectivity index (χ2v) is 9.04. The van der Waals surface area contributed by atoms with Crippen LogP contribution in [-0.2, 0) is 9.59 Å². The van der Waals surface area contributed by atoms with Crippen LogP contribution >= 0.6 is 0 Å². The molecule has 10 nitrogen and oxygen atoms in total. The van der Waals surface area contributed by atoms with Gasteiger partial charge in [-0.1, -0.05) is 12.1 Å². The highest BCUT2D eigenvalue weighted by atomic mass is 16.7. The van der Waals surface area contributed by atoms with Crippen molar-refractivity contribution in [2.45, 2.75) is 18.9 Å². The van der Waals surface area contributed by atoms with E-state index < -0.39 is 17.7 Å². The Hall–Kier alpha value is -3.92. The maximum absolute atomic E-state index is 13.5. The van der Waals surface area contributed by atoms with Crippen molar-refractivity contribution >= 4 is 17.4 Å². The van der Waals surface area contributed by atoms with Gasteiger partial charge in [0.1, 0.15) is 11.5 Å². The van der Waals surface area contributed by atoms with Crippen molar-refractivity contribution in [2.75, 3.05) is 54.3 Å². The number of fused-ring (bicyclic) bond motifs is 1. The van der Waals surface area contributed by atoms with Crippen molar-refractivity contribution in [1.82, 2.24) is 9.80 Å². The second kappa shape index (κ2) is 10.2. The summed E-state index contributed by atoms with van der Waals surface area (Å²) in [4.78, 5) is 30.6. The van der Waals surface area contributed by atoms with Crippen molar-refractivity contribution in [3.05, 3.63) is 47.0 Å². The first-order valence-electron chi connectivity index (χ1n) is 12.2. The summed E-state index contributed by atoms with van der Waals surface area (Å²) in [5.41, 5.74) is 0.765. The molecule has 2 fully saturated rings. The van der Waals surface area contributed by atoms with Gasteiger partial charge < -0.3 is 38.6 Å². The third-order valence-corrected chi connectivity index (χ3v) is 7.05. The van der Waals surface area contributed by atoms with Gasteiger partial charge in [0, 0.05) is 24.2 Å². The van der Waals surface area contributed by atoms with Gasteiger partial charge in [-0.3, -0.25) is 9.59 Å². The van der Waals surface area contributed by atoms with E-state index in [-0.39, 0.29) is 18.1 Å². The predicted molar refractivity (Wildman–Crippen MR) is 133 cm³/mol. The molecule has 37 heavy (non-hydrogen) atoms. The number of hydrogen-bond donors (Lipinski definition) is 1. The molecule has 0 bridgehead atoms. The molecule has 0 aromatic heterocycles. The molecule has 10 heteroatoms. The normalized spacial score (nSPS) is 20.5. The van der Waals surface area contributed by atoms with Crippen molar-refractivity contribution in [3.63, 3.8) is 0 Å². The molecule has 196 valence electrons. The predicted octanol–water partition coefficient (Wildman–Crippen LogP) is 2.96. The summed E-state index contributed by atoms with van der Waals surface area (Å²) < 4.78 is 27.8. The zero-order valence-electron chi connectivity index (χ0n) is 21.1. The van der Waals surface area contributed by atoms with Crippen LogP contribution in [0, 0.1) is 0 Å². The zero-order valence-corrected chi connectivity index (χ0v) is 21.1. The van der Waals surface area contributed by atoms with Gasteiger partial charge in [-0.2, -0.15) is 0 Å². The fraction of sp³-hybridized carbons (Fsp3) is 0.407. The molecule has 0 aliphatic carbocycles. The quantitative estimate of drug-likeness (QED) is 0.326. The maximum atomic E-state index is 13.5. The number of carbonyl (C=O) groups is 2. The van der Waals surface area contributed by atoms with Crippen LogP contribution in [0.2, 0.25) is 0 Å². The minimum Gasteiger partial charge on any atom is -0.507 e. The van der Waals surface area contributed by atoms with Crippen molar-refractivity contribution in [1.29, 1.82) is 0 Å². The Morgan fingerprint density at radius 2 is 1.76 bits per heavy atom. The molecule has 1 atom stereocenters. The lowest BCUT2D eigenvalue weighted by Gasteiger charge is -2.29. The van der Waals surface area contributed by atoms with Gasteiger partial charge >= 0.3 is 0 Å². The Balaban J connectivity index is 1.68. The van der Waals surface area contributed by atoms with Crippen LogP contribution in [0.4, 0.5) is 0 Å². The molecule has 3 aliphatic heterocycles. The lowest BCUT2D eigenvalue weighted by Crippen LogP contribution is -2.37. The lowest BCUT2D eigenvalue weighted by molar-refractivity contribution is -0.140. The number of aliphatic hydroxyl groups is 1. The van der Waals surface area contributed by atoms with E-state index in [2.05, 4.69) is 4.90 Å². The standard InChI is InChI=1S/C27H30N2O8/c1-33-17-8-6-7-16(13-17)22(30)20-21(29(27(32)23(20)31)12-11-28-9-4-5-10-28)18-14-19(34-2)25-26(24(18)35-3)37-15-36-25/h6-8,13-14,21,30H,4-5,9-12,15H2,1-3H3. The summed E-state index contributed by atoms with van der Waals surface area (Å²) >= 11 is 0. The van der Waals surface area contributed by atoms with Crippen molar-refractivity contribution < 1.29 is 38.4 Å². The van der Waals surface area contributed by atoms with E-state index in [0.717, 1.165) is 25.9 Å². The number of rotatable bonds is 8. The number of hydrogen-bond acceptors (Lipinski definition) is 9. The number of benzene rings is 2. The molecule has 0 spiro atoms. The van der Waals surface area contributed by atoms with Crippen LogP contribution in [0.3, 0.4) is 0 Å². The van der Waals surface area contributed by atoms with Crippen LogP contribution in [-0.4, -0.2) is 80.9 Å². The molecule has 2 aromatic rings. The first-order valence-corrected chi connectivity index (χ1v) is 12.2. The Labute approximate surface area is 214 Å². The number of Topliss-reactive ketones (excluding diaryl/α,β-unsaturated/α-hetero) is 1. The fourth-order valence-corrected chi connectivity index (χ4v) is 5.21. The maximum Gasteiger partial charge on any atom is 0.295 e. The Kier molecular flexibility index (Phi) is 6.84. The van der Waals surface area contributed by atoms with Gasteiger partial charge in [0.05, 0.1) is 32.9 Å². The summed E-state index contributed by atoms with van der Waals surface area (Å²) in [6.07, 6.45) is 2.20. The van der Waals surface area contributed by atoms with E-state index in [1.807, 2.05) is 0 Å². The summed E-state index contributed by atoms with van der Waals surface area (Å²) in [6, 6.07) is 7.44. The number of likely N-dealkylation sites (tertiary alicyclic amines) is 2. The first kappa shape index (κ1) is 24.8. The van der Waals surface area contributed by atoms with Gasteiger partial charge in [-0.05, 0) is 44.1 Å². The number of nitrogens with zero attached hydrogens (tertiary/aromatic N) is 2. The van der Waals surface area contributed by atoms with Gasteiger partial charge in [0.25, 0.3) is 11.7 Å². The second-order valence-electron chi connectivity index (χ2n) is 9.04. The van der Waals surface area contributed by atoms with E-state index in [1.54, 1.807) is 30.3 Å². The zero-order chi connectivity index (χ0) is 26.1. The summed E-state index contributed by atoms with van der Waals surface area (Å²) in [6.45, 7) is 2.76. The molecule has 0 radical (unpaired) electrons. The Morgan fingerprint density at radius 1 is 1.00 bits per heavy atom. The molecule has 2 aromatic carbocycles. The molecule has 5 rings (SSSR count). The highest BCUT2D eigenvalue weighted by Gasteiger charge is 2.48. The highest BCUT2D eigenvalue weighted by molar-refractivity contribution is 6.46. The minimum atomic E-state index is -0.938. The molecule has 2 saturated heterocycles. The van der Waals surface area contributed by atoms with E-state index in [1.165, 1.54) is 26.2 Å². The minimum absolute atomic E-state index is 0.0233. The number of amides is 1. The monoisotopic (exact) mass is 510 g/mol. The SMILES string of the molecule is COc1cccc(C(O)=C2C(=O)C(=O)N(CCN3CCCC3)C2c2cc(OC)c3c(c2OC)OCO3)c1. The number of aliphatic hydroxyl groups excluding tert-OH is 1. The fourth-order valence-electron chi connectivity index (χ4n) is 5.21. The van der Waals surface area contributed by atoms with Crippen molar-refractivity contribution in [2.24, 2.45) is 0 Å².